The minimum absolute atomic E-state index is 0.142. The molecule has 0 fully saturated rings. The van der Waals surface area contributed by atoms with Crippen molar-refractivity contribution in [3.63, 3.8) is 0 Å². The summed E-state index contributed by atoms with van der Waals surface area (Å²) >= 11 is 3.48. The number of oxazole rings is 1. The van der Waals surface area contributed by atoms with Gasteiger partial charge in [-0.05, 0) is 52.3 Å². The molecule has 1 unspecified atom stereocenters. The largest absolute Gasteiger partial charge is 0.508 e. The Hall–Kier alpha value is -2.01. The topological polar surface area (TPSA) is 55.5 Å². The monoisotopic (exact) mass is 347 g/mol. The molecule has 4 nitrogen and oxygen atoms in total. The van der Waals surface area contributed by atoms with Crippen molar-refractivity contribution in [2.75, 3.05) is 0 Å². The van der Waals surface area contributed by atoms with Gasteiger partial charge in [-0.15, -0.1) is 0 Å². The lowest BCUT2D eigenvalue weighted by Gasteiger charge is -2.12. The molecule has 0 saturated heterocycles. The first-order chi connectivity index (χ1) is 10.2. The summed E-state index contributed by atoms with van der Waals surface area (Å²) in [4.78, 5) is 4.43. The van der Waals surface area contributed by atoms with Crippen LogP contribution in [-0.2, 0) is 6.42 Å². The molecule has 2 aromatic carbocycles. The molecule has 1 atom stereocenters. The molecule has 0 saturated carbocycles. The fourth-order valence-electron chi connectivity index (χ4n) is 2.00. The number of rotatable bonds is 5. The zero-order valence-corrected chi connectivity index (χ0v) is 12.8. The summed E-state index contributed by atoms with van der Waals surface area (Å²) in [5, 5.41) is 9.08. The molecule has 0 bridgehead atoms. The lowest BCUT2D eigenvalue weighted by atomic mass is 10.3. The number of alkyl halides is 1. The Morgan fingerprint density at radius 3 is 2.67 bits per heavy atom. The van der Waals surface area contributed by atoms with E-state index in [-0.39, 0.29) is 10.8 Å². The van der Waals surface area contributed by atoms with E-state index in [0.717, 1.165) is 17.5 Å². The number of hydrogen-bond donors (Lipinski definition) is 1. The van der Waals surface area contributed by atoms with Crippen LogP contribution in [0.1, 0.15) is 12.3 Å². The highest BCUT2D eigenvalue weighted by molar-refractivity contribution is 9.09. The van der Waals surface area contributed by atoms with Gasteiger partial charge in [0.2, 0.25) is 0 Å². The van der Waals surface area contributed by atoms with Crippen LogP contribution in [-0.4, -0.2) is 15.1 Å². The predicted octanol–water partition coefficient (Wildman–Crippen LogP) is 4.27. The molecule has 108 valence electrons. The molecule has 3 rings (SSSR count). The van der Waals surface area contributed by atoms with Crippen LogP contribution in [0.25, 0.3) is 11.1 Å². The van der Waals surface area contributed by atoms with Crippen LogP contribution in [0.4, 0.5) is 0 Å². The summed E-state index contributed by atoms with van der Waals surface area (Å²) in [6.07, 6.45) is 1.41. The number of benzene rings is 2. The number of aromatic hydroxyl groups is 1. The van der Waals surface area contributed by atoms with Crippen molar-refractivity contribution in [3.05, 3.63) is 54.4 Å². The van der Waals surface area contributed by atoms with Gasteiger partial charge in [0.05, 0.1) is 0 Å². The molecule has 1 N–H and O–H groups in total. The third kappa shape index (κ3) is 3.55. The standard InChI is InChI=1S/C16H14BrNO3/c17-15(20-12-7-5-11(19)6-8-12)9-10-16-18-13-3-1-2-4-14(13)21-16/h1-8,15,19H,9-10H2. The number of hydrogen-bond acceptors (Lipinski definition) is 4. The fraction of sp³-hybridized carbons (Fsp3) is 0.188. The SMILES string of the molecule is Oc1ccc(OC(Br)CCc2nc3ccccc3o2)cc1. The summed E-state index contributed by atoms with van der Waals surface area (Å²) in [6.45, 7) is 0. The quantitative estimate of drug-likeness (QED) is 0.700. The summed E-state index contributed by atoms with van der Waals surface area (Å²) in [6, 6.07) is 14.3. The second-order valence-corrected chi connectivity index (χ2v) is 5.66. The second kappa shape index (κ2) is 6.18. The van der Waals surface area contributed by atoms with Crippen LogP contribution in [0.5, 0.6) is 11.5 Å². The van der Waals surface area contributed by atoms with Gasteiger partial charge in [-0.1, -0.05) is 12.1 Å². The molecule has 21 heavy (non-hydrogen) atoms. The van der Waals surface area contributed by atoms with Gasteiger partial charge in [0, 0.05) is 12.8 Å². The first kappa shape index (κ1) is 13.9. The molecule has 3 aromatic rings. The maximum atomic E-state index is 9.22. The number of ether oxygens (including phenoxy) is 1. The van der Waals surface area contributed by atoms with Crippen molar-refractivity contribution < 1.29 is 14.3 Å². The van der Waals surface area contributed by atoms with E-state index in [4.69, 9.17) is 9.15 Å². The Labute approximate surface area is 130 Å². The Morgan fingerprint density at radius 1 is 1.14 bits per heavy atom. The number of nitrogens with zero attached hydrogens (tertiary/aromatic N) is 1. The van der Waals surface area contributed by atoms with Crippen molar-refractivity contribution in [2.45, 2.75) is 17.9 Å². The van der Waals surface area contributed by atoms with E-state index in [9.17, 15) is 5.11 Å². The maximum absolute atomic E-state index is 9.22. The number of halogens is 1. The summed E-state index contributed by atoms with van der Waals surface area (Å²) in [7, 11) is 0. The minimum atomic E-state index is -0.142. The van der Waals surface area contributed by atoms with Crippen LogP contribution in [0.2, 0.25) is 0 Å². The summed E-state index contributed by atoms with van der Waals surface area (Å²) in [5.74, 6) is 1.63. The van der Waals surface area contributed by atoms with Crippen molar-refractivity contribution in [2.24, 2.45) is 0 Å². The van der Waals surface area contributed by atoms with Gasteiger partial charge in [0.1, 0.15) is 17.0 Å². The molecule has 0 aliphatic rings. The molecule has 0 radical (unpaired) electrons. The summed E-state index contributed by atoms with van der Waals surface area (Å²) < 4.78 is 11.4. The highest BCUT2D eigenvalue weighted by Gasteiger charge is 2.10. The molecular weight excluding hydrogens is 334 g/mol. The van der Waals surface area contributed by atoms with Crippen LogP contribution < -0.4 is 4.74 Å². The lowest BCUT2D eigenvalue weighted by Crippen LogP contribution is -2.09. The number of phenolic OH excluding ortho intramolecular Hbond substituents is 1. The zero-order chi connectivity index (χ0) is 14.7. The van der Waals surface area contributed by atoms with Crippen LogP contribution in [0.3, 0.4) is 0 Å². The highest BCUT2D eigenvalue weighted by Crippen LogP contribution is 2.22. The van der Waals surface area contributed by atoms with Crippen molar-refractivity contribution in [1.29, 1.82) is 0 Å². The number of phenols is 1. The van der Waals surface area contributed by atoms with Gasteiger partial charge in [0.25, 0.3) is 0 Å². The molecule has 0 amide bonds. The van der Waals surface area contributed by atoms with Gasteiger partial charge in [-0.3, -0.25) is 0 Å². The highest BCUT2D eigenvalue weighted by atomic mass is 79.9. The van der Waals surface area contributed by atoms with E-state index in [1.54, 1.807) is 24.3 Å². The third-order valence-corrected chi connectivity index (χ3v) is 3.67. The second-order valence-electron chi connectivity index (χ2n) is 4.64. The molecule has 0 aliphatic carbocycles. The lowest BCUT2D eigenvalue weighted by molar-refractivity contribution is 0.279. The molecule has 5 heteroatoms. The predicted molar refractivity (Wildman–Crippen MR) is 83.8 cm³/mol. The Balaban J connectivity index is 1.57. The third-order valence-electron chi connectivity index (χ3n) is 3.02. The van der Waals surface area contributed by atoms with Gasteiger partial charge in [-0.25, -0.2) is 4.98 Å². The number of para-hydroxylation sites is 2. The average Bonchev–Trinajstić information content (AvgIpc) is 2.90. The zero-order valence-electron chi connectivity index (χ0n) is 11.2. The first-order valence-electron chi connectivity index (χ1n) is 6.65. The van der Waals surface area contributed by atoms with E-state index >= 15 is 0 Å². The van der Waals surface area contributed by atoms with Gasteiger partial charge in [0.15, 0.2) is 16.5 Å². The first-order valence-corrected chi connectivity index (χ1v) is 7.56. The van der Waals surface area contributed by atoms with Crippen molar-refractivity contribution >= 4 is 27.0 Å². The normalized spacial score (nSPS) is 12.4. The molecular formula is C16H14BrNO3. The Morgan fingerprint density at radius 2 is 1.90 bits per heavy atom. The number of aryl methyl sites for hydroxylation is 1. The van der Waals surface area contributed by atoms with Gasteiger partial charge >= 0.3 is 0 Å². The van der Waals surface area contributed by atoms with Crippen molar-refractivity contribution in [1.82, 2.24) is 4.98 Å². The molecule has 0 spiro atoms. The average molecular weight is 348 g/mol. The summed E-state index contributed by atoms with van der Waals surface area (Å²) in [5.41, 5.74) is 1.68. The number of fused-ring (bicyclic) bond motifs is 1. The van der Waals surface area contributed by atoms with Gasteiger partial charge < -0.3 is 14.3 Å². The molecule has 1 heterocycles. The molecule has 1 aromatic heterocycles. The fourth-order valence-corrected chi connectivity index (χ4v) is 2.44. The smallest absolute Gasteiger partial charge is 0.195 e. The van der Waals surface area contributed by atoms with E-state index in [0.29, 0.717) is 18.1 Å². The van der Waals surface area contributed by atoms with Crippen LogP contribution in [0.15, 0.2) is 52.9 Å². The van der Waals surface area contributed by atoms with E-state index in [2.05, 4.69) is 20.9 Å². The molecule has 0 aliphatic heterocycles. The minimum Gasteiger partial charge on any atom is -0.508 e. The van der Waals surface area contributed by atoms with Crippen LogP contribution >= 0.6 is 15.9 Å². The van der Waals surface area contributed by atoms with Gasteiger partial charge in [-0.2, -0.15) is 0 Å². The van der Waals surface area contributed by atoms with E-state index < -0.39 is 0 Å². The van der Waals surface area contributed by atoms with E-state index in [1.165, 1.54) is 0 Å². The number of aromatic nitrogens is 1. The maximum Gasteiger partial charge on any atom is 0.195 e. The Kier molecular flexibility index (Phi) is 4.10. The van der Waals surface area contributed by atoms with Crippen molar-refractivity contribution in [3.8, 4) is 11.5 Å². The van der Waals surface area contributed by atoms with E-state index in [1.807, 2.05) is 24.3 Å². The van der Waals surface area contributed by atoms with Crippen LogP contribution in [0, 0.1) is 0 Å². The Bertz CT molecular complexity index is 691.